The molecule has 0 radical (unpaired) electrons. The van der Waals surface area contributed by atoms with Crippen LogP contribution in [0.2, 0.25) is 0 Å². The van der Waals surface area contributed by atoms with Gasteiger partial charge in [0.15, 0.2) is 0 Å². The normalized spacial score (nSPS) is 16.0. The highest BCUT2D eigenvalue weighted by Gasteiger charge is 2.22. The number of rotatable bonds is 0. The molecule has 7 nitrogen and oxygen atoms in total. The van der Waals surface area contributed by atoms with Crippen molar-refractivity contribution in [2.75, 3.05) is 26.2 Å². The molecule has 7 heteroatoms. The SMILES string of the molecule is CC.N#Cc1ccc2cc1Oc1cccc(c1)CC(=O)N1CCN(CC1)Cc1cncn1C2. The van der Waals surface area contributed by atoms with Gasteiger partial charge in [0.2, 0.25) is 5.91 Å². The second-order valence-electron chi connectivity index (χ2n) is 8.04. The highest BCUT2D eigenvalue weighted by molar-refractivity contribution is 5.79. The number of benzene rings is 2. The lowest BCUT2D eigenvalue weighted by molar-refractivity contribution is -0.132. The molecular weight excluding hydrogens is 414 g/mol. The number of fused-ring (bicyclic) bond motifs is 3. The van der Waals surface area contributed by atoms with Crippen molar-refractivity contribution in [2.24, 2.45) is 0 Å². The molecule has 0 saturated carbocycles. The zero-order valence-electron chi connectivity index (χ0n) is 19.2. The van der Waals surface area contributed by atoms with Gasteiger partial charge in [-0.15, -0.1) is 0 Å². The summed E-state index contributed by atoms with van der Waals surface area (Å²) in [7, 11) is 0. The van der Waals surface area contributed by atoms with Crippen molar-refractivity contribution in [3.05, 3.63) is 77.4 Å². The van der Waals surface area contributed by atoms with Crippen molar-refractivity contribution in [2.45, 2.75) is 33.4 Å². The van der Waals surface area contributed by atoms with Gasteiger partial charge in [-0.2, -0.15) is 5.26 Å². The number of piperazine rings is 1. The lowest BCUT2D eigenvalue weighted by Gasteiger charge is -2.34. The molecule has 0 unspecified atom stereocenters. The number of aromatic nitrogens is 2. The summed E-state index contributed by atoms with van der Waals surface area (Å²) >= 11 is 0. The van der Waals surface area contributed by atoms with E-state index in [4.69, 9.17) is 4.74 Å². The maximum absolute atomic E-state index is 12.8. The first kappa shape index (κ1) is 22.6. The standard InChI is InChI=1S/C24H23N5O2.C2H6/c25-13-20-5-4-19-11-23(20)31-22-3-1-2-18(10-22)12-24(30)28-8-6-27(7-9-28)16-21-14-26-17-29(21)15-19;1-2/h1-5,10-11,14,17H,6-9,12,15-16H2;1-2H3. The number of amides is 1. The largest absolute Gasteiger partial charge is 0.456 e. The molecule has 170 valence electrons. The van der Waals surface area contributed by atoms with E-state index in [1.54, 1.807) is 6.07 Å². The number of imidazole rings is 1. The van der Waals surface area contributed by atoms with E-state index in [0.717, 1.165) is 49.5 Å². The van der Waals surface area contributed by atoms with Crippen molar-refractivity contribution >= 4 is 5.91 Å². The number of nitriles is 1. The maximum atomic E-state index is 12.8. The zero-order valence-corrected chi connectivity index (χ0v) is 19.2. The molecule has 0 N–H and O–H groups in total. The number of nitrogens with zero attached hydrogens (tertiary/aromatic N) is 5. The Labute approximate surface area is 194 Å². The van der Waals surface area contributed by atoms with Gasteiger partial charge in [0.25, 0.3) is 0 Å². The van der Waals surface area contributed by atoms with E-state index in [9.17, 15) is 10.1 Å². The predicted octanol–water partition coefficient (Wildman–Crippen LogP) is 3.82. The average Bonchev–Trinajstić information content (AvgIpc) is 3.27. The van der Waals surface area contributed by atoms with E-state index in [1.165, 1.54) is 0 Å². The van der Waals surface area contributed by atoms with Crippen LogP contribution in [0.25, 0.3) is 0 Å². The number of hydrogen-bond acceptors (Lipinski definition) is 5. The Morgan fingerprint density at radius 3 is 2.61 bits per heavy atom. The highest BCUT2D eigenvalue weighted by atomic mass is 16.5. The van der Waals surface area contributed by atoms with Crippen molar-refractivity contribution in [1.29, 1.82) is 5.26 Å². The van der Waals surface area contributed by atoms with Crippen LogP contribution in [0, 0.1) is 11.3 Å². The van der Waals surface area contributed by atoms with Crippen LogP contribution in [-0.4, -0.2) is 51.4 Å². The third-order valence-corrected chi connectivity index (χ3v) is 5.91. The number of carbonyl (C=O) groups is 1. The lowest BCUT2D eigenvalue weighted by atomic mass is 10.1. The Morgan fingerprint density at radius 1 is 1.00 bits per heavy atom. The summed E-state index contributed by atoms with van der Waals surface area (Å²) in [5.74, 6) is 1.27. The molecule has 1 saturated heterocycles. The Hall–Kier alpha value is -3.63. The molecule has 6 bridgehead atoms. The van der Waals surface area contributed by atoms with Gasteiger partial charge < -0.3 is 14.2 Å². The molecule has 0 spiro atoms. The Morgan fingerprint density at radius 2 is 1.82 bits per heavy atom. The minimum atomic E-state index is 0.130. The minimum Gasteiger partial charge on any atom is -0.456 e. The van der Waals surface area contributed by atoms with Gasteiger partial charge in [-0.05, 0) is 35.4 Å². The zero-order chi connectivity index (χ0) is 23.2. The molecule has 0 atom stereocenters. The first-order chi connectivity index (χ1) is 16.2. The smallest absolute Gasteiger partial charge is 0.227 e. The predicted molar refractivity (Wildman–Crippen MR) is 126 cm³/mol. The van der Waals surface area contributed by atoms with E-state index in [-0.39, 0.29) is 5.91 Å². The van der Waals surface area contributed by atoms with Crippen LogP contribution >= 0.6 is 0 Å². The van der Waals surface area contributed by atoms with Crippen LogP contribution in [0.5, 0.6) is 11.5 Å². The van der Waals surface area contributed by atoms with Gasteiger partial charge >= 0.3 is 0 Å². The third kappa shape index (κ3) is 5.24. The van der Waals surface area contributed by atoms with Crippen LogP contribution < -0.4 is 4.74 Å². The number of hydrogen-bond donors (Lipinski definition) is 0. The Balaban J connectivity index is 0.00000126. The quantitative estimate of drug-likeness (QED) is 0.528. The van der Waals surface area contributed by atoms with Gasteiger partial charge in [-0.3, -0.25) is 9.69 Å². The fourth-order valence-electron chi connectivity index (χ4n) is 4.18. The van der Waals surface area contributed by atoms with E-state index in [1.807, 2.05) is 67.7 Å². The highest BCUT2D eigenvalue weighted by Crippen LogP contribution is 2.28. The summed E-state index contributed by atoms with van der Waals surface area (Å²) < 4.78 is 8.22. The van der Waals surface area contributed by atoms with Gasteiger partial charge in [-0.1, -0.05) is 32.0 Å². The minimum absolute atomic E-state index is 0.130. The van der Waals surface area contributed by atoms with Gasteiger partial charge in [0, 0.05) is 45.5 Å². The summed E-state index contributed by atoms with van der Waals surface area (Å²) in [6, 6.07) is 15.4. The molecule has 0 aliphatic carbocycles. The van der Waals surface area contributed by atoms with Crippen LogP contribution in [0.4, 0.5) is 0 Å². The van der Waals surface area contributed by atoms with Crippen molar-refractivity contribution in [3.63, 3.8) is 0 Å². The van der Waals surface area contributed by atoms with E-state index in [0.29, 0.717) is 30.0 Å². The third-order valence-electron chi connectivity index (χ3n) is 5.91. The first-order valence-electron chi connectivity index (χ1n) is 11.5. The first-order valence-corrected chi connectivity index (χ1v) is 11.5. The summed E-state index contributed by atoms with van der Waals surface area (Å²) in [5, 5.41) is 9.53. The van der Waals surface area contributed by atoms with E-state index >= 15 is 0 Å². The second-order valence-corrected chi connectivity index (χ2v) is 8.04. The topological polar surface area (TPSA) is 74.4 Å². The van der Waals surface area contributed by atoms with E-state index in [2.05, 4.69) is 20.5 Å². The van der Waals surface area contributed by atoms with Gasteiger partial charge in [0.05, 0.1) is 24.0 Å². The van der Waals surface area contributed by atoms with E-state index < -0.39 is 0 Å². The molecule has 6 rings (SSSR count). The second kappa shape index (κ2) is 10.3. The Bertz CT molecular complexity index is 1160. The van der Waals surface area contributed by atoms with Crippen molar-refractivity contribution in [3.8, 4) is 17.6 Å². The van der Waals surface area contributed by atoms with Gasteiger partial charge in [-0.25, -0.2) is 4.98 Å². The summed E-state index contributed by atoms with van der Waals surface area (Å²) in [5.41, 5.74) is 3.55. The molecule has 3 aromatic rings. The molecule has 1 amide bonds. The van der Waals surface area contributed by atoms with Gasteiger partial charge in [0.1, 0.15) is 17.6 Å². The monoisotopic (exact) mass is 443 g/mol. The summed E-state index contributed by atoms with van der Waals surface area (Å²) in [6.07, 6.45) is 4.08. The van der Waals surface area contributed by atoms with Crippen LogP contribution in [0.15, 0.2) is 55.0 Å². The van der Waals surface area contributed by atoms with Crippen molar-refractivity contribution < 1.29 is 9.53 Å². The molecule has 3 aliphatic heterocycles. The Kier molecular flexibility index (Phi) is 7.06. The molecule has 1 fully saturated rings. The molecule has 4 heterocycles. The fraction of sp³-hybridized carbons (Fsp3) is 0.346. The van der Waals surface area contributed by atoms with Crippen LogP contribution in [0.1, 0.15) is 36.2 Å². The number of carbonyl (C=O) groups excluding carboxylic acids is 1. The molecule has 2 aromatic carbocycles. The lowest BCUT2D eigenvalue weighted by Crippen LogP contribution is -2.48. The summed E-state index contributed by atoms with van der Waals surface area (Å²) in [6.45, 7) is 8.60. The van der Waals surface area contributed by atoms with Crippen LogP contribution in [0.3, 0.4) is 0 Å². The number of ether oxygens (including phenoxy) is 1. The molecule has 1 aromatic heterocycles. The fourth-order valence-corrected chi connectivity index (χ4v) is 4.18. The molecule has 3 aliphatic rings. The maximum Gasteiger partial charge on any atom is 0.227 e. The molecular formula is C26H29N5O2. The summed E-state index contributed by atoms with van der Waals surface area (Å²) in [4.78, 5) is 21.5. The average molecular weight is 444 g/mol. The van der Waals surface area contributed by atoms with Crippen LogP contribution in [-0.2, 0) is 24.3 Å². The van der Waals surface area contributed by atoms with Crippen molar-refractivity contribution in [1.82, 2.24) is 19.4 Å². The molecule has 33 heavy (non-hydrogen) atoms.